The molecule has 1 aliphatic carbocycles. The summed E-state index contributed by atoms with van der Waals surface area (Å²) in [4.78, 5) is 175. The van der Waals surface area contributed by atoms with E-state index in [1.165, 1.54) is 54.0 Å². The minimum atomic E-state index is -1.17. The molecule has 14 atom stereocenters. The maximum absolute atomic E-state index is 14.9. The Kier molecular flexibility index (Phi) is 37.8. The molecule has 3 fully saturated rings. The van der Waals surface area contributed by atoms with Gasteiger partial charge in [-0.05, 0) is 90.7 Å². The molecular weight excluding hydrogens is 1540 g/mol. The van der Waals surface area contributed by atoms with E-state index in [4.69, 9.17) is 19.9 Å². The van der Waals surface area contributed by atoms with E-state index in [0.29, 0.717) is 54.1 Å². The van der Waals surface area contributed by atoms with Crippen LogP contribution >= 0.6 is 35.3 Å². The maximum atomic E-state index is 14.9. The Morgan fingerprint density at radius 2 is 1.25 bits per heavy atom. The predicted molar refractivity (Wildman–Crippen MR) is 450 cm³/mol. The molecule has 2 unspecified atom stereocenters. The van der Waals surface area contributed by atoms with Gasteiger partial charge in [0.05, 0.1) is 74.5 Å². The molecule has 0 radical (unpaired) electrons. The van der Waals surface area contributed by atoms with Crippen molar-refractivity contribution in [3.05, 3.63) is 125 Å². The summed E-state index contributed by atoms with van der Waals surface area (Å²) in [6.07, 6.45) is -0.724. The summed E-state index contributed by atoms with van der Waals surface area (Å²) >= 11 is 4.65. The van der Waals surface area contributed by atoms with E-state index in [2.05, 4.69) is 44.0 Å². The molecular formula is C84H123N13O16S3. The van der Waals surface area contributed by atoms with Crippen LogP contribution in [-0.2, 0) is 68.8 Å². The Hall–Kier alpha value is -8.69. The van der Waals surface area contributed by atoms with E-state index >= 15 is 0 Å². The van der Waals surface area contributed by atoms with Crippen molar-refractivity contribution >= 4 is 112 Å². The largest absolute Gasteiger partial charge is 0.445 e. The molecule has 638 valence electrons. The summed E-state index contributed by atoms with van der Waals surface area (Å²) in [6, 6.07) is 24.7. The number of likely N-dealkylation sites (tertiary alicyclic amines) is 1. The second-order valence-electron chi connectivity index (χ2n) is 31.3. The molecule has 116 heavy (non-hydrogen) atoms. The lowest BCUT2D eigenvalue weighted by Crippen LogP contribution is -2.60. The van der Waals surface area contributed by atoms with Crippen LogP contribution in [0.2, 0.25) is 0 Å². The third kappa shape index (κ3) is 26.7. The number of anilines is 1. The first-order chi connectivity index (χ1) is 55.3. The number of nitrogens with two attached hydrogens (primary N) is 1. The Morgan fingerprint density at radius 1 is 0.664 bits per heavy atom. The summed E-state index contributed by atoms with van der Waals surface area (Å²) in [6.45, 7) is 18.4. The Morgan fingerprint density at radius 3 is 1.81 bits per heavy atom. The molecule has 29 nitrogen and oxygen atoms in total. The molecule has 9 N–H and O–H groups in total. The van der Waals surface area contributed by atoms with Crippen LogP contribution in [-0.4, -0.2) is 245 Å². The third-order valence-electron chi connectivity index (χ3n) is 21.9. The number of ether oxygens (including phenoxy) is 3. The number of fused-ring (bicyclic) bond motifs is 6. The van der Waals surface area contributed by atoms with Gasteiger partial charge < -0.3 is 81.5 Å². The van der Waals surface area contributed by atoms with Crippen molar-refractivity contribution in [3.63, 3.8) is 0 Å². The number of hydrogen-bond donors (Lipinski definition) is 8. The van der Waals surface area contributed by atoms with Gasteiger partial charge in [0.15, 0.2) is 0 Å². The van der Waals surface area contributed by atoms with E-state index in [-0.39, 0.29) is 129 Å². The smallest absolute Gasteiger partial charge is 0.410 e. The zero-order chi connectivity index (χ0) is 85.0. The first-order valence-electron chi connectivity index (χ1n) is 40.2. The maximum Gasteiger partial charge on any atom is 0.410 e. The van der Waals surface area contributed by atoms with Crippen LogP contribution in [0.3, 0.4) is 0 Å². The average Bonchev–Trinajstić information content (AvgIpc) is 0.831. The van der Waals surface area contributed by atoms with Crippen molar-refractivity contribution in [2.45, 2.75) is 205 Å². The molecule has 3 saturated heterocycles. The van der Waals surface area contributed by atoms with Crippen LogP contribution in [0.25, 0.3) is 0 Å². The zero-order valence-corrected chi connectivity index (χ0v) is 72.1. The molecule has 0 aromatic heterocycles. The molecule has 3 aromatic carbocycles. The molecule has 2 bridgehead atoms. The molecule has 4 aliphatic rings. The second-order valence-corrected chi connectivity index (χ2v) is 34.9. The topological polar surface area (TPSA) is 370 Å². The first kappa shape index (κ1) is 94.5. The van der Waals surface area contributed by atoms with Crippen molar-refractivity contribution < 1.29 is 76.9 Å². The highest BCUT2D eigenvalue weighted by Crippen LogP contribution is 2.58. The molecule has 13 amide bonds. The number of carbonyl (C=O) groups excluding carboxylic acids is 12. The van der Waals surface area contributed by atoms with Gasteiger partial charge in [-0.2, -0.15) is 35.3 Å². The van der Waals surface area contributed by atoms with Gasteiger partial charge in [0.1, 0.15) is 30.8 Å². The second kappa shape index (κ2) is 46.5. The summed E-state index contributed by atoms with van der Waals surface area (Å²) < 4.78 is 17.8. The van der Waals surface area contributed by atoms with E-state index in [0.717, 1.165) is 0 Å². The minimum Gasteiger partial charge on any atom is -0.445 e. The average molecular weight is 1670 g/mol. The van der Waals surface area contributed by atoms with Gasteiger partial charge in [0, 0.05) is 94.1 Å². The number of carbonyl (C=O) groups is 12. The molecule has 32 heteroatoms. The lowest BCUT2D eigenvalue weighted by molar-refractivity contribution is -0.158. The number of methoxy groups -OCH3 is 2. The number of amides is 13. The van der Waals surface area contributed by atoms with Crippen molar-refractivity contribution in [3.8, 4) is 0 Å². The standard InChI is InChI=1S/C84H123N13O16S3/c1-15-54(8)73(64(111-13)45-69(102)97-41-26-32-63(97)75(112-14)55(9)78(104)87-56(10)74(103)58-27-21-20-22-28-58)92(11)82(108)71(52(4)5)91-81(107)72(53(6)7)93(12)84(110)113-46-57-33-35-59(36-34-57)88-79(105)62(31-25-40-86-83(85)109)89-80(106)70(51(2)3)90-65(98)47-114-42-37-66(99)94-48-95-50-96(49-94)68(101)39-44-116-77-61-30-24-19-17-16-18-23-29-60(61)76(77)115-43-38-67(95)100/h16-24,27-30,33-36,51-56,62-64,70-77,103H,15,25-26,31-32,37-50H2,1-14H3,(H,87,104)(H,88,105)(H,89,106)(H,90,98)(H,91,107)(H3,85,86,109)/t54-,55+,56+,62-,63-,64+,70-,71-,72-,73-,74+,75+,76?,77?/m0/s1. The number of aliphatic hydroxyl groups excluding tert-OH is 1. The number of rotatable bonds is 37. The molecule has 3 heterocycles. The number of hydrogen-bond acceptors (Lipinski definition) is 19. The number of thioether (sulfide) groups is 3. The summed E-state index contributed by atoms with van der Waals surface area (Å²) in [7, 11) is 6.08. The summed E-state index contributed by atoms with van der Waals surface area (Å²) in [5, 5.41) is 28.1. The zero-order valence-electron chi connectivity index (χ0n) is 69.6. The fourth-order valence-electron chi connectivity index (χ4n) is 15.1. The van der Waals surface area contributed by atoms with Gasteiger partial charge in [0.2, 0.25) is 59.1 Å². The van der Waals surface area contributed by atoms with Gasteiger partial charge in [0.25, 0.3) is 0 Å². The van der Waals surface area contributed by atoms with Gasteiger partial charge in [-0.15, -0.1) is 0 Å². The number of benzene rings is 2. The Balaban J connectivity index is 0.892. The lowest BCUT2D eigenvalue weighted by Gasteiger charge is -2.42. The fraction of sp³-hybridized carbons (Fsp3) is 0.595. The Labute approximate surface area is 696 Å². The normalized spacial score (nSPS) is 19.1. The van der Waals surface area contributed by atoms with Crippen LogP contribution in [0, 0.1) is 29.6 Å². The van der Waals surface area contributed by atoms with Crippen LogP contribution in [0.4, 0.5) is 15.3 Å². The highest BCUT2D eigenvalue weighted by atomic mass is 32.2. The summed E-state index contributed by atoms with van der Waals surface area (Å²) in [5.41, 5.74) is 9.23. The highest BCUT2D eigenvalue weighted by Gasteiger charge is 2.45. The van der Waals surface area contributed by atoms with Gasteiger partial charge in [-0.25, -0.2) is 9.59 Å². The molecule has 0 saturated carbocycles. The van der Waals surface area contributed by atoms with Crippen molar-refractivity contribution in [1.29, 1.82) is 0 Å². The van der Waals surface area contributed by atoms with Gasteiger partial charge in [-0.3, -0.25) is 52.8 Å². The summed E-state index contributed by atoms with van der Waals surface area (Å²) in [5.74, 6) is -4.94. The van der Waals surface area contributed by atoms with E-state index < -0.39 is 126 Å². The van der Waals surface area contributed by atoms with Crippen LogP contribution < -0.4 is 37.6 Å². The molecule has 0 spiro atoms. The third-order valence-corrected chi connectivity index (χ3v) is 25.6. The SMILES string of the molecule is CC[C@H](C)[C@@H]([C@@H](CC(=O)N1CCC[C@H]1[C@H](OC)[C@@H](C)C(=O)N[C@H](C)[C@@H](O)c1ccccc1)OC)N(C)C(=O)[C@@H](NC(=O)[C@H](C(C)C)N(C)C(=O)OCc1ccc(NC(=O)[C@H](CCCNC(N)=O)NC(=O)[C@@H](NC(=O)CSCCC(=O)N2CN3CN(C2)C(=O)CCSC2c4ccccccccc4C2SCCC3=O)C(C)C)cc1)C(C)C. The molecule has 3 aromatic rings. The Bertz CT molecular complexity index is 3820. The number of aliphatic hydroxyl groups is 1. The predicted octanol–water partition coefficient (Wildman–Crippen LogP) is 8.27. The van der Waals surface area contributed by atoms with Gasteiger partial charge in [-0.1, -0.05) is 160 Å². The lowest BCUT2D eigenvalue weighted by atomic mass is 9.89. The number of urea groups is 1. The van der Waals surface area contributed by atoms with E-state index in [1.807, 2.05) is 68.4 Å². The van der Waals surface area contributed by atoms with E-state index in [9.17, 15) is 62.6 Å². The number of likely N-dealkylation sites (N-methyl/N-ethyl adjacent to an activating group) is 2. The van der Waals surface area contributed by atoms with Gasteiger partial charge >= 0.3 is 12.1 Å². The number of primary amides is 1. The van der Waals surface area contributed by atoms with Crippen molar-refractivity contribution in [1.82, 2.24) is 56.0 Å². The quantitative estimate of drug-likeness (QED) is 0.0252. The van der Waals surface area contributed by atoms with Crippen molar-refractivity contribution in [2.75, 3.05) is 89.7 Å². The first-order valence-corrected chi connectivity index (χ1v) is 43.5. The fourth-order valence-corrected chi connectivity index (χ4v) is 18.8. The number of nitrogens with zero attached hydrogens (tertiary/aromatic N) is 6. The van der Waals surface area contributed by atoms with Crippen LogP contribution in [0.1, 0.15) is 166 Å². The monoisotopic (exact) mass is 1670 g/mol. The van der Waals surface area contributed by atoms with Crippen LogP contribution in [0.15, 0.2) is 103 Å². The van der Waals surface area contributed by atoms with Crippen molar-refractivity contribution in [2.24, 2.45) is 35.3 Å². The molecule has 3 aliphatic heterocycles. The number of nitrogens with one attached hydrogen (secondary N) is 6. The minimum absolute atomic E-state index is 0.0122. The van der Waals surface area contributed by atoms with E-state index in [1.54, 1.807) is 142 Å². The highest BCUT2D eigenvalue weighted by molar-refractivity contribution is 8.03. The van der Waals surface area contributed by atoms with Crippen LogP contribution in [0.5, 0.6) is 0 Å². The molecule has 7 rings (SSSR count).